The van der Waals surface area contributed by atoms with E-state index in [-0.39, 0.29) is 17.5 Å². The van der Waals surface area contributed by atoms with E-state index in [0.29, 0.717) is 22.4 Å². The van der Waals surface area contributed by atoms with E-state index in [9.17, 15) is 14.4 Å². The van der Waals surface area contributed by atoms with Crippen LogP contribution in [0.2, 0.25) is 0 Å². The Balaban J connectivity index is 1.54. The van der Waals surface area contributed by atoms with Crippen molar-refractivity contribution in [3.63, 3.8) is 0 Å². The van der Waals surface area contributed by atoms with E-state index in [4.69, 9.17) is 0 Å². The number of amides is 1. The Bertz CT molecular complexity index is 1680. The van der Waals surface area contributed by atoms with Gasteiger partial charge < -0.3 is 10.2 Å². The monoisotopic (exact) mass is 575 g/mol. The fraction of sp³-hybridized carbons (Fsp3) is 0.125. The Kier molecular flexibility index (Phi) is 5.39. The van der Waals surface area contributed by atoms with Crippen molar-refractivity contribution in [2.75, 3.05) is 10.2 Å². The van der Waals surface area contributed by atoms with Gasteiger partial charge in [0, 0.05) is 39.4 Å². The summed E-state index contributed by atoms with van der Waals surface area (Å²) >= 11 is 3.46. The fourth-order valence-corrected chi connectivity index (χ4v) is 6.87. The number of nitrogens with zero attached hydrogens (tertiary/aromatic N) is 2. The van der Waals surface area contributed by atoms with Crippen molar-refractivity contribution in [3.05, 3.63) is 130 Å². The van der Waals surface area contributed by atoms with Gasteiger partial charge >= 0.3 is 0 Å². The fourth-order valence-electron chi connectivity index (χ4n) is 6.60. The van der Waals surface area contributed by atoms with Crippen molar-refractivity contribution in [1.29, 1.82) is 0 Å². The summed E-state index contributed by atoms with van der Waals surface area (Å²) in [5.74, 6) is -1.62. The quantitative estimate of drug-likeness (QED) is 0.316. The average molecular weight is 576 g/mol. The van der Waals surface area contributed by atoms with Gasteiger partial charge in [-0.05, 0) is 47.5 Å². The van der Waals surface area contributed by atoms with E-state index in [1.54, 1.807) is 36.7 Å². The van der Waals surface area contributed by atoms with Crippen LogP contribution in [0.5, 0.6) is 0 Å². The predicted octanol–water partition coefficient (Wildman–Crippen LogP) is 5.70. The zero-order valence-corrected chi connectivity index (χ0v) is 22.2. The first-order chi connectivity index (χ1) is 19.0. The zero-order chi connectivity index (χ0) is 26.7. The molecule has 3 aromatic carbocycles. The Labute approximate surface area is 233 Å². The molecule has 4 heterocycles. The predicted molar refractivity (Wildman–Crippen MR) is 153 cm³/mol. The molecule has 4 atom stereocenters. The van der Waals surface area contributed by atoms with Crippen LogP contribution in [-0.2, 0) is 10.2 Å². The molecule has 7 heteroatoms. The highest BCUT2D eigenvalue weighted by atomic mass is 79.9. The van der Waals surface area contributed by atoms with Gasteiger partial charge in [-0.2, -0.15) is 0 Å². The molecule has 1 fully saturated rings. The van der Waals surface area contributed by atoms with E-state index >= 15 is 0 Å². The topological polar surface area (TPSA) is 79.4 Å². The first kappa shape index (κ1) is 23.7. The first-order valence-electron chi connectivity index (χ1n) is 12.7. The van der Waals surface area contributed by atoms with Gasteiger partial charge in [0.05, 0.1) is 12.0 Å². The van der Waals surface area contributed by atoms with Gasteiger partial charge in [-0.25, -0.2) is 0 Å². The lowest BCUT2D eigenvalue weighted by molar-refractivity contribution is -0.121. The number of para-hydroxylation sites is 2. The largest absolute Gasteiger partial charge is 0.352 e. The number of hydrogen-bond acceptors (Lipinski definition) is 5. The van der Waals surface area contributed by atoms with Gasteiger partial charge in [-0.15, -0.1) is 0 Å². The molecule has 1 amide bonds. The number of halogens is 1. The summed E-state index contributed by atoms with van der Waals surface area (Å²) in [5.41, 5.74) is 2.51. The second-order valence-electron chi connectivity index (χ2n) is 10.0. The third-order valence-electron chi connectivity index (χ3n) is 8.17. The molecule has 6 nitrogen and oxygen atoms in total. The van der Waals surface area contributed by atoms with Crippen LogP contribution in [0.1, 0.15) is 31.8 Å². The van der Waals surface area contributed by atoms with Crippen molar-refractivity contribution >= 4 is 50.9 Å². The third kappa shape index (κ3) is 3.32. The maximum absolute atomic E-state index is 14.7. The maximum Gasteiger partial charge on any atom is 0.238 e. The van der Waals surface area contributed by atoms with Gasteiger partial charge in [0.25, 0.3) is 0 Å². The Morgan fingerprint density at radius 3 is 2.33 bits per heavy atom. The number of ketones is 2. The summed E-state index contributed by atoms with van der Waals surface area (Å²) in [6.07, 6.45) is 7.11. The standard InChI is InChI=1S/C32H22BrN3O3/c33-22-12-9-20(10-13-22)29(38)30-32(23-6-2-3-7-24(23)35-31(32)39)27(28(37)21-15-17-34-18-16-21)26-14-11-19-5-1-4-8-25(19)36(26)30/h1-18,26-27,30H,(H,35,39)/t26-,27-,30+,32+/m1/s1. The number of Topliss-reactive ketones (excluding diaryl/α,β-unsaturated/α-hetero) is 2. The average Bonchev–Trinajstić information content (AvgIpc) is 3.45. The number of pyridine rings is 1. The molecule has 1 N–H and O–H groups in total. The molecule has 0 bridgehead atoms. The van der Waals surface area contributed by atoms with Crippen molar-refractivity contribution in [1.82, 2.24) is 4.98 Å². The van der Waals surface area contributed by atoms with Crippen LogP contribution in [0.15, 0.2) is 108 Å². The molecule has 39 heavy (non-hydrogen) atoms. The lowest BCUT2D eigenvalue weighted by atomic mass is 9.63. The molecule has 3 aliphatic heterocycles. The number of aromatic nitrogens is 1. The number of fused-ring (bicyclic) bond motifs is 5. The summed E-state index contributed by atoms with van der Waals surface area (Å²) in [6.45, 7) is 0. The molecule has 4 aromatic rings. The lowest BCUT2D eigenvalue weighted by Crippen LogP contribution is -2.55. The van der Waals surface area contributed by atoms with Crippen LogP contribution in [0.3, 0.4) is 0 Å². The Morgan fingerprint density at radius 1 is 0.846 bits per heavy atom. The summed E-state index contributed by atoms with van der Waals surface area (Å²) in [5, 5.41) is 3.03. The number of carbonyl (C=O) groups excluding carboxylic acids is 3. The van der Waals surface area contributed by atoms with Gasteiger partial charge in [0.1, 0.15) is 11.5 Å². The van der Waals surface area contributed by atoms with Crippen molar-refractivity contribution in [2.24, 2.45) is 5.92 Å². The highest BCUT2D eigenvalue weighted by molar-refractivity contribution is 9.10. The highest BCUT2D eigenvalue weighted by Gasteiger charge is 2.70. The molecule has 0 saturated carbocycles. The minimum Gasteiger partial charge on any atom is -0.352 e. The van der Waals surface area contributed by atoms with Gasteiger partial charge in [-0.1, -0.05) is 76.6 Å². The van der Waals surface area contributed by atoms with Crippen LogP contribution in [0, 0.1) is 5.92 Å². The smallest absolute Gasteiger partial charge is 0.238 e. The van der Waals surface area contributed by atoms with Crippen LogP contribution in [-0.4, -0.2) is 34.5 Å². The second kappa shape index (κ2) is 8.85. The van der Waals surface area contributed by atoms with E-state index in [1.807, 2.05) is 77.7 Å². The Morgan fingerprint density at radius 2 is 1.54 bits per heavy atom. The van der Waals surface area contributed by atoms with E-state index in [0.717, 1.165) is 15.7 Å². The number of benzene rings is 3. The molecule has 1 saturated heterocycles. The van der Waals surface area contributed by atoms with Crippen molar-refractivity contribution < 1.29 is 14.4 Å². The third-order valence-corrected chi connectivity index (χ3v) is 8.70. The van der Waals surface area contributed by atoms with Gasteiger partial charge in [0.15, 0.2) is 11.6 Å². The molecule has 0 aliphatic carbocycles. The van der Waals surface area contributed by atoms with E-state index in [1.165, 1.54) is 0 Å². The Hall–Kier alpha value is -4.36. The molecular weight excluding hydrogens is 554 g/mol. The van der Waals surface area contributed by atoms with Crippen LogP contribution in [0.25, 0.3) is 6.08 Å². The normalized spacial score (nSPS) is 24.2. The van der Waals surface area contributed by atoms with Gasteiger partial charge in [-0.3, -0.25) is 19.4 Å². The van der Waals surface area contributed by atoms with E-state index in [2.05, 4.69) is 26.2 Å². The zero-order valence-electron chi connectivity index (χ0n) is 20.6. The maximum atomic E-state index is 14.7. The molecule has 0 unspecified atom stereocenters. The minimum absolute atomic E-state index is 0.200. The van der Waals surface area contributed by atoms with Crippen molar-refractivity contribution in [2.45, 2.75) is 17.5 Å². The molecule has 0 radical (unpaired) electrons. The molecule has 3 aliphatic rings. The molecule has 1 spiro atoms. The molecule has 1 aromatic heterocycles. The van der Waals surface area contributed by atoms with E-state index < -0.39 is 23.4 Å². The summed E-state index contributed by atoms with van der Waals surface area (Å²) in [4.78, 5) is 49.6. The van der Waals surface area contributed by atoms with Crippen LogP contribution < -0.4 is 10.2 Å². The number of nitrogens with one attached hydrogen (secondary N) is 1. The number of rotatable bonds is 4. The van der Waals surface area contributed by atoms with Crippen LogP contribution in [0.4, 0.5) is 11.4 Å². The molecular formula is C32H22BrN3O3. The van der Waals surface area contributed by atoms with Gasteiger partial charge in [0.2, 0.25) is 5.91 Å². The van der Waals surface area contributed by atoms with Crippen LogP contribution >= 0.6 is 15.9 Å². The number of carbonyl (C=O) groups is 3. The summed E-state index contributed by atoms with van der Waals surface area (Å²) in [7, 11) is 0. The highest BCUT2D eigenvalue weighted by Crippen LogP contribution is 2.58. The summed E-state index contributed by atoms with van der Waals surface area (Å²) in [6, 6.07) is 24.2. The molecule has 7 rings (SSSR count). The number of hydrogen-bond donors (Lipinski definition) is 1. The second-order valence-corrected chi connectivity index (χ2v) is 11.0. The first-order valence-corrected chi connectivity index (χ1v) is 13.5. The number of anilines is 2. The molecule has 190 valence electrons. The summed E-state index contributed by atoms with van der Waals surface area (Å²) < 4.78 is 0.846. The minimum atomic E-state index is -1.46. The lowest BCUT2D eigenvalue weighted by Gasteiger charge is -2.37. The SMILES string of the molecule is O=C(c1ccc(Br)cc1)[C@@H]1N2c3ccccc3C=C[C@@H]2[C@H](C(=O)c2ccncc2)[C@]12C(=O)Nc1ccccc12. The van der Waals surface area contributed by atoms with Crippen molar-refractivity contribution in [3.8, 4) is 0 Å².